The molecule has 0 aromatic heterocycles. The van der Waals surface area contributed by atoms with Crippen LogP contribution in [0.2, 0.25) is 0 Å². The number of carboxylic acids is 1. The van der Waals surface area contributed by atoms with Crippen LogP contribution in [0.25, 0.3) is 0 Å². The number of aliphatic carboxylic acids is 1. The number of nitrogens with one attached hydrogen (secondary N) is 2. The molecule has 1 unspecified atom stereocenters. The first-order valence-corrected chi connectivity index (χ1v) is 9.16. The number of carbonyl (C=O) groups is 2. The Morgan fingerprint density at radius 3 is 2.33 bits per heavy atom. The van der Waals surface area contributed by atoms with Crippen molar-refractivity contribution in [3.8, 4) is 0 Å². The molecule has 0 aromatic carbocycles. The van der Waals surface area contributed by atoms with Gasteiger partial charge in [0.15, 0.2) is 0 Å². The number of amides is 1. The van der Waals surface area contributed by atoms with Gasteiger partial charge < -0.3 is 21.5 Å². The van der Waals surface area contributed by atoms with E-state index in [1.54, 1.807) is 0 Å². The topological polar surface area (TPSA) is 104 Å². The minimum absolute atomic E-state index is 0.0916. The van der Waals surface area contributed by atoms with E-state index >= 15 is 0 Å². The molecule has 0 saturated heterocycles. The van der Waals surface area contributed by atoms with Gasteiger partial charge in [0.2, 0.25) is 5.91 Å². The molecule has 21 heavy (non-hydrogen) atoms. The van der Waals surface area contributed by atoms with Gasteiger partial charge in [-0.25, -0.2) is 4.79 Å². The van der Waals surface area contributed by atoms with Crippen molar-refractivity contribution < 1.29 is 14.7 Å². The van der Waals surface area contributed by atoms with Crippen LogP contribution in [0, 0.1) is 0 Å². The van der Waals surface area contributed by atoms with Crippen molar-refractivity contribution in [1.82, 2.24) is 10.6 Å². The molecular weight excluding hydrogens is 309 g/mol. The second-order valence-corrected chi connectivity index (χ2v) is 8.50. The Morgan fingerprint density at radius 1 is 1.33 bits per heavy atom. The van der Waals surface area contributed by atoms with Crippen LogP contribution in [-0.4, -0.2) is 46.4 Å². The number of hydrogen-bond donors (Lipinski definition) is 4. The second-order valence-electron chi connectivity index (χ2n) is 6.46. The fourth-order valence-corrected chi connectivity index (χ4v) is 2.15. The molecule has 0 aliphatic carbocycles. The molecule has 8 heteroatoms. The quantitative estimate of drug-likeness (QED) is 0.350. The van der Waals surface area contributed by atoms with Gasteiger partial charge in [0.05, 0.1) is 6.54 Å². The highest BCUT2D eigenvalue weighted by molar-refractivity contribution is 8.44. The fourth-order valence-electron chi connectivity index (χ4n) is 1.60. The maximum absolute atomic E-state index is 11.8. The highest BCUT2D eigenvalue weighted by Gasteiger charge is 2.28. The molecule has 1 amide bonds. The molecule has 2 atom stereocenters. The number of nitrogens with two attached hydrogens (primary N) is 1. The van der Waals surface area contributed by atoms with Crippen LogP contribution in [0.15, 0.2) is 0 Å². The summed E-state index contributed by atoms with van der Waals surface area (Å²) < 4.78 is -0.238. The molecular formula is C13H28N3O3PS. The largest absolute Gasteiger partial charge is 0.480 e. The Morgan fingerprint density at radius 2 is 1.90 bits per heavy atom. The smallest absolute Gasteiger partial charge is 0.326 e. The number of carboxylic acid groups (broad SMARTS) is 1. The first kappa shape index (κ1) is 20.6. The fraction of sp³-hybridized carbons (Fsp3) is 0.846. The average molecular weight is 337 g/mol. The third kappa shape index (κ3) is 10.9. The van der Waals surface area contributed by atoms with E-state index in [1.165, 1.54) is 11.4 Å². The highest BCUT2D eigenvalue weighted by Crippen LogP contribution is 2.34. The predicted octanol–water partition coefficient (Wildman–Crippen LogP) is 0.965. The van der Waals surface area contributed by atoms with Crippen molar-refractivity contribution in [3.63, 3.8) is 0 Å². The summed E-state index contributed by atoms with van der Waals surface area (Å²) >= 11 is 1.50. The van der Waals surface area contributed by atoms with Gasteiger partial charge in [-0.05, 0) is 33.2 Å². The van der Waals surface area contributed by atoms with E-state index < -0.39 is 12.0 Å². The van der Waals surface area contributed by atoms with E-state index in [2.05, 4.69) is 19.1 Å². The summed E-state index contributed by atoms with van der Waals surface area (Å²) in [5, 5.41) is 14.7. The van der Waals surface area contributed by atoms with Gasteiger partial charge in [-0.2, -0.15) is 0 Å². The molecule has 0 heterocycles. The van der Waals surface area contributed by atoms with E-state index in [4.69, 9.17) is 5.73 Å². The maximum atomic E-state index is 11.8. The summed E-state index contributed by atoms with van der Waals surface area (Å²) in [5.74, 6) is -1.33. The molecule has 0 bridgehead atoms. The minimum atomic E-state index is -1.02. The van der Waals surface area contributed by atoms with Crippen molar-refractivity contribution in [3.05, 3.63) is 0 Å². The van der Waals surface area contributed by atoms with Gasteiger partial charge in [-0.1, -0.05) is 22.3 Å². The van der Waals surface area contributed by atoms with Gasteiger partial charge in [0.25, 0.3) is 0 Å². The lowest BCUT2D eigenvalue weighted by molar-refractivity contribution is -0.142. The zero-order valence-electron chi connectivity index (χ0n) is 13.2. The normalized spacial score (nSPS) is 13.8. The lowest BCUT2D eigenvalue weighted by atomic mass is 10.0. The molecule has 0 saturated carbocycles. The third-order valence-corrected chi connectivity index (χ3v) is 5.60. The number of rotatable bonds is 10. The van der Waals surface area contributed by atoms with Gasteiger partial charge in [-0.15, -0.1) is 11.4 Å². The zero-order valence-corrected chi connectivity index (χ0v) is 15.2. The van der Waals surface area contributed by atoms with Crippen LogP contribution in [0.4, 0.5) is 0 Å². The molecule has 0 aliphatic heterocycles. The van der Waals surface area contributed by atoms with Crippen LogP contribution in [-0.2, 0) is 9.59 Å². The zero-order chi connectivity index (χ0) is 16.7. The van der Waals surface area contributed by atoms with Crippen LogP contribution in [0.3, 0.4) is 0 Å². The second kappa shape index (κ2) is 8.93. The molecule has 0 rings (SSSR count). The van der Waals surface area contributed by atoms with Crippen LogP contribution in [0.1, 0.15) is 40.5 Å². The van der Waals surface area contributed by atoms with Crippen molar-refractivity contribution in [2.45, 2.75) is 56.9 Å². The lowest BCUT2D eigenvalue weighted by Gasteiger charge is -2.26. The lowest BCUT2D eigenvalue weighted by Crippen LogP contribution is -2.47. The van der Waals surface area contributed by atoms with Crippen LogP contribution in [0.5, 0.6) is 0 Å². The standard InChI is InChI=1S/C13H28N3O3PS/c1-12(2,14)5-6-15-8-10(17)16-9(11(18)19)7-13(3,4)21-20/h9,15H,5-8,14,20H2,1-4H3,(H,16,17)(H,18,19)/t9-/m0/s1. The molecule has 5 N–H and O–H groups in total. The van der Waals surface area contributed by atoms with Gasteiger partial charge in [-0.3, -0.25) is 4.79 Å². The van der Waals surface area contributed by atoms with Crippen molar-refractivity contribution in [2.75, 3.05) is 13.1 Å². The van der Waals surface area contributed by atoms with Gasteiger partial charge in [0.1, 0.15) is 6.04 Å². The molecule has 0 aliphatic rings. The molecule has 0 aromatic rings. The van der Waals surface area contributed by atoms with E-state index in [-0.39, 0.29) is 22.7 Å². The Kier molecular flexibility index (Phi) is 8.78. The van der Waals surface area contributed by atoms with Crippen LogP contribution >= 0.6 is 19.8 Å². The van der Waals surface area contributed by atoms with E-state index in [0.717, 1.165) is 6.42 Å². The highest BCUT2D eigenvalue weighted by atomic mass is 32.7. The summed E-state index contributed by atoms with van der Waals surface area (Å²) in [4.78, 5) is 23.0. The first-order chi connectivity index (χ1) is 9.47. The van der Waals surface area contributed by atoms with Crippen molar-refractivity contribution in [1.29, 1.82) is 0 Å². The van der Waals surface area contributed by atoms with E-state index in [1.807, 2.05) is 27.7 Å². The molecule has 6 nitrogen and oxygen atoms in total. The SMILES string of the molecule is CC(C)(N)CCNCC(=O)N[C@@H](CC(C)(C)SP)C(=O)O. The maximum Gasteiger partial charge on any atom is 0.326 e. The van der Waals surface area contributed by atoms with Crippen molar-refractivity contribution in [2.24, 2.45) is 5.73 Å². The summed E-state index contributed by atoms with van der Waals surface area (Å²) in [6, 6.07) is -0.881. The molecule has 0 fully saturated rings. The third-order valence-electron chi connectivity index (χ3n) is 2.88. The Labute approximate surface area is 133 Å². The number of hydrogen-bond acceptors (Lipinski definition) is 5. The summed E-state index contributed by atoms with van der Waals surface area (Å²) in [7, 11) is 2.52. The Balaban J connectivity index is 4.22. The van der Waals surface area contributed by atoms with Gasteiger partial charge in [0, 0.05) is 10.3 Å². The molecule has 124 valence electrons. The summed E-state index contributed by atoms with van der Waals surface area (Å²) in [5.41, 5.74) is 5.55. The first-order valence-electron chi connectivity index (χ1n) is 6.86. The average Bonchev–Trinajstić information content (AvgIpc) is 2.32. The summed E-state index contributed by atoms with van der Waals surface area (Å²) in [6.07, 6.45) is 1.09. The van der Waals surface area contributed by atoms with Gasteiger partial charge >= 0.3 is 5.97 Å². The molecule has 0 radical (unpaired) electrons. The Bertz CT molecular complexity index is 359. The van der Waals surface area contributed by atoms with E-state index in [9.17, 15) is 14.7 Å². The monoisotopic (exact) mass is 337 g/mol. The Hall–Kier alpha value is -0.360. The van der Waals surface area contributed by atoms with Crippen molar-refractivity contribution >= 4 is 31.7 Å². The summed E-state index contributed by atoms with van der Waals surface area (Å²) in [6.45, 7) is 8.41. The molecule has 0 spiro atoms. The minimum Gasteiger partial charge on any atom is -0.480 e. The van der Waals surface area contributed by atoms with Crippen LogP contribution < -0.4 is 16.4 Å². The number of carbonyl (C=O) groups excluding carboxylic acids is 1. The predicted molar refractivity (Wildman–Crippen MR) is 91.3 cm³/mol. The van der Waals surface area contributed by atoms with E-state index in [0.29, 0.717) is 13.0 Å².